The molecule has 5 heteroatoms. The molecular formula is C13H15ClF3N. The smallest absolute Gasteiger partial charge is 0.371 e. The average Bonchev–Trinajstić information content (AvgIpc) is 2.38. The molecule has 100 valence electrons. The summed E-state index contributed by atoms with van der Waals surface area (Å²) in [6.07, 6.45) is -3.31. The van der Waals surface area contributed by atoms with E-state index in [-0.39, 0.29) is 13.0 Å². The van der Waals surface area contributed by atoms with Gasteiger partial charge in [0.15, 0.2) is 0 Å². The Kier molecular flexibility index (Phi) is 4.05. The van der Waals surface area contributed by atoms with Gasteiger partial charge in [0.1, 0.15) is 0 Å². The second-order valence-corrected chi connectivity index (χ2v) is 4.86. The Bertz CT molecular complexity index is 405. The highest BCUT2D eigenvalue weighted by Gasteiger charge is 2.41. The quantitative estimate of drug-likeness (QED) is 0.732. The third-order valence-electron chi connectivity index (χ3n) is 3.36. The van der Waals surface area contributed by atoms with Crippen molar-refractivity contribution in [1.82, 2.24) is 0 Å². The Labute approximate surface area is 110 Å². The lowest BCUT2D eigenvalue weighted by Crippen LogP contribution is -2.42. The number of hydrogen-bond acceptors (Lipinski definition) is 1. The van der Waals surface area contributed by atoms with Crippen LogP contribution in [-0.2, 0) is 5.88 Å². The summed E-state index contributed by atoms with van der Waals surface area (Å²) in [5.41, 5.74) is 1.73. The van der Waals surface area contributed by atoms with Crippen LogP contribution in [0.3, 0.4) is 0 Å². The fraction of sp³-hybridized carbons (Fsp3) is 0.538. The second-order valence-electron chi connectivity index (χ2n) is 4.59. The fourth-order valence-electron chi connectivity index (χ4n) is 2.40. The number of alkyl halides is 4. The molecular weight excluding hydrogens is 263 g/mol. The minimum Gasteiger partial charge on any atom is -0.371 e. The van der Waals surface area contributed by atoms with Crippen LogP contribution in [0.25, 0.3) is 0 Å². The van der Waals surface area contributed by atoms with Gasteiger partial charge in [-0.25, -0.2) is 0 Å². The number of para-hydroxylation sites is 1. The largest absolute Gasteiger partial charge is 0.393 e. The predicted molar refractivity (Wildman–Crippen MR) is 67.0 cm³/mol. The zero-order chi connectivity index (χ0) is 13.2. The van der Waals surface area contributed by atoms with E-state index in [0.717, 1.165) is 11.3 Å². The van der Waals surface area contributed by atoms with Crippen molar-refractivity contribution >= 4 is 17.3 Å². The first-order chi connectivity index (χ1) is 8.52. The number of hydrogen-bond donors (Lipinski definition) is 0. The number of nitrogens with zero attached hydrogens (tertiary/aromatic N) is 1. The number of rotatable bonds is 2. The first-order valence-corrected chi connectivity index (χ1v) is 6.51. The molecule has 0 saturated carbocycles. The van der Waals surface area contributed by atoms with Gasteiger partial charge in [-0.1, -0.05) is 18.2 Å². The van der Waals surface area contributed by atoms with Gasteiger partial charge in [-0.15, -0.1) is 11.6 Å². The van der Waals surface area contributed by atoms with Gasteiger partial charge in [-0.2, -0.15) is 13.2 Å². The molecule has 2 rings (SSSR count). The predicted octanol–water partition coefficient (Wildman–Crippen LogP) is 4.20. The van der Waals surface area contributed by atoms with E-state index in [0.29, 0.717) is 18.8 Å². The molecule has 0 radical (unpaired) electrons. The molecule has 18 heavy (non-hydrogen) atoms. The Morgan fingerprint density at radius 2 is 2.00 bits per heavy atom. The molecule has 0 spiro atoms. The number of piperidine rings is 1. The summed E-state index contributed by atoms with van der Waals surface area (Å²) in [6, 6.07) is 7.39. The van der Waals surface area contributed by atoms with Crippen LogP contribution < -0.4 is 4.90 Å². The van der Waals surface area contributed by atoms with E-state index in [1.54, 1.807) is 4.90 Å². The third-order valence-corrected chi connectivity index (χ3v) is 3.65. The summed E-state index contributed by atoms with van der Waals surface area (Å²) in [7, 11) is 0. The van der Waals surface area contributed by atoms with Crippen molar-refractivity contribution in [1.29, 1.82) is 0 Å². The zero-order valence-corrected chi connectivity index (χ0v) is 10.6. The highest BCUT2D eigenvalue weighted by atomic mass is 35.5. The van der Waals surface area contributed by atoms with Crippen molar-refractivity contribution < 1.29 is 13.2 Å². The van der Waals surface area contributed by atoms with Crippen LogP contribution in [0, 0.1) is 5.92 Å². The van der Waals surface area contributed by atoms with E-state index in [1.807, 2.05) is 24.3 Å². The van der Waals surface area contributed by atoms with Crippen molar-refractivity contribution in [3.63, 3.8) is 0 Å². The summed E-state index contributed by atoms with van der Waals surface area (Å²) in [6.45, 7) is 0.706. The van der Waals surface area contributed by atoms with Crippen molar-refractivity contribution in [2.75, 3.05) is 18.0 Å². The molecule has 0 N–H and O–H groups in total. The minimum absolute atomic E-state index is 0.0391. The standard InChI is InChI=1S/C13H15ClF3N/c14-8-10-4-1-2-6-12(10)18-7-3-5-11(9-18)13(15,16)17/h1-2,4,6,11H,3,5,7-9H2. The maximum atomic E-state index is 12.8. The summed E-state index contributed by atoms with van der Waals surface area (Å²) in [4.78, 5) is 1.80. The molecule has 1 aromatic rings. The van der Waals surface area contributed by atoms with Gasteiger partial charge in [0.2, 0.25) is 0 Å². The molecule has 1 unspecified atom stereocenters. The molecule has 1 aliphatic rings. The number of benzene rings is 1. The third kappa shape index (κ3) is 2.91. The van der Waals surface area contributed by atoms with E-state index in [1.165, 1.54) is 0 Å². The highest BCUT2D eigenvalue weighted by molar-refractivity contribution is 6.17. The van der Waals surface area contributed by atoms with Crippen LogP contribution in [0.2, 0.25) is 0 Å². The molecule has 1 nitrogen and oxygen atoms in total. The van der Waals surface area contributed by atoms with Gasteiger partial charge >= 0.3 is 6.18 Å². The molecule has 1 aromatic carbocycles. The lowest BCUT2D eigenvalue weighted by molar-refractivity contribution is -0.175. The SMILES string of the molecule is FC(F)(F)C1CCCN(c2ccccc2CCl)C1. The minimum atomic E-state index is -4.10. The molecule has 1 atom stereocenters. The van der Waals surface area contributed by atoms with E-state index in [9.17, 15) is 13.2 Å². The van der Waals surface area contributed by atoms with Crippen molar-refractivity contribution in [2.24, 2.45) is 5.92 Å². The van der Waals surface area contributed by atoms with E-state index in [2.05, 4.69) is 0 Å². The van der Waals surface area contributed by atoms with Crippen LogP contribution in [-0.4, -0.2) is 19.3 Å². The van der Waals surface area contributed by atoms with E-state index < -0.39 is 12.1 Å². The molecule has 1 saturated heterocycles. The van der Waals surface area contributed by atoms with Crippen molar-refractivity contribution in [3.05, 3.63) is 29.8 Å². The summed E-state index contributed by atoms with van der Waals surface area (Å²) >= 11 is 5.83. The van der Waals surface area contributed by atoms with Crippen LogP contribution in [0.15, 0.2) is 24.3 Å². The highest BCUT2D eigenvalue weighted by Crippen LogP contribution is 2.35. The monoisotopic (exact) mass is 277 g/mol. The summed E-state index contributed by atoms with van der Waals surface area (Å²) in [5, 5.41) is 0. The van der Waals surface area contributed by atoms with E-state index in [4.69, 9.17) is 11.6 Å². The van der Waals surface area contributed by atoms with Gasteiger partial charge < -0.3 is 4.90 Å². The maximum Gasteiger partial charge on any atom is 0.393 e. The number of anilines is 1. The molecule has 1 aliphatic heterocycles. The van der Waals surface area contributed by atoms with Gasteiger partial charge in [0.05, 0.1) is 5.92 Å². The molecule has 1 fully saturated rings. The Morgan fingerprint density at radius 1 is 1.28 bits per heavy atom. The van der Waals surface area contributed by atoms with Gasteiger partial charge in [-0.3, -0.25) is 0 Å². The van der Waals surface area contributed by atoms with Gasteiger partial charge in [0.25, 0.3) is 0 Å². The van der Waals surface area contributed by atoms with Crippen LogP contribution in [0.1, 0.15) is 18.4 Å². The van der Waals surface area contributed by atoms with Crippen molar-refractivity contribution in [2.45, 2.75) is 24.9 Å². The molecule has 0 bridgehead atoms. The maximum absolute atomic E-state index is 12.8. The lowest BCUT2D eigenvalue weighted by atomic mass is 9.96. The van der Waals surface area contributed by atoms with Crippen LogP contribution >= 0.6 is 11.6 Å². The first kappa shape index (κ1) is 13.5. The summed E-state index contributed by atoms with van der Waals surface area (Å²) < 4.78 is 38.3. The van der Waals surface area contributed by atoms with Crippen molar-refractivity contribution in [3.8, 4) is 0 Å². The summed E-state index contributed by atoms with van der Waals surface area (Å²) in [5.74, 6) is -0.904. The average molecular weight is 278 g/mol. The first-order valence-electron chi connectivity index (χ1n) is 5.98. The zero-order valence-electron chi connectivity index (χ0n) is 9.88. The fourth-order valence-corrected chi connectivity index (χ4v) is 2.62. The van der Waals surface area contributed by atoms with Crippen LogP contribution in [0.4, 0.5) is 18.9 Å². The second kappa shape index (κ2) is 5.39. The molecule has 0 aromatic heterocycles. The number of halogens is 4. The Hall–Kier alpha value is -0.900. The van der Waals surface area contributed by atoms with Gasteiger partial charge in [0, 0.05) is 24.7 Å². The topological polar surface area (TPSA) is 3.24 Å². The molecule has 1 heterocycles. The van der Waals surface area contributed by atoms with Gasteiger partial charge in [-0.05, 0) is 24.5 Å². The molecule has 0 aliphatic carbocycles. The van der Waals surface area contributed by atoms with E-state index >= 15 is 0 Å². The normalized spacial score (nSPS) is 21.1. The molecule has 0 amide bonds. The lowest BCUT2D eigenvalue weighted by Gasteiger charge is -2.36. The Morgan fingerprint density at radius 3 is 2.67 bits per heavy atom. The van der Waals surface area contributed by atoms with Crippen LogP contribution in [0.5, 0.6) is 0 Å². The Balaban J connectivity index is 2.18.